The number of carbonyl (C=O) groups excluding carboxylic acids is 1. The Morgan fingerprint density at radius 3 is 2.50 bits per heavy atom. The van der Waals surface area contributed by atoms with Crippen LogP contribution in [0, 0.1) is 19.8 Å². The standard InChI is InChI=1S/C14H21NO3/c1-9-8-13(18-11(9)3)14(17)15-6-4-12(5-7-15)10(2)16/h8,10,12,16H,4-7H2,1-3H3. The first-order valence-corrected chi connectivity index (χ1v) is 6.53. The zero-order chi connectivity index (χ0) is 13.3. The van der Waals surface area contributed by atoms with Gasteiger partial charge in [0.15, 0.2) is 5.76 Å². The summed E-state index contributed by atoms with van der Waals surface area (Å²) in [6, 6.07) is 1.80. The normalized spacial score (nSPS) is 19.0. The highest BCUT2D eigenvalue weighted by Gasteiger charge is 2.27. The molecule has 1 aliphatic rings. The third-order valence-electron chi connectivity index (χ3n) is 3.89. The molecule has 1 saturated heterocycles. The first-order valence-electron chi connectivity index (χ1n) is 6.53. The molecule has 0 aliphatic carbocycles. The first kappa shape index (κ1) is 13.1. The highest BCUT2D eigenvalue weighted by atomic mass is 16.4. The highest BCUT2D eigenvalue weighted by molar-refractivity contribution is 5.91. The molecular weight excluding hydrogens is 230 g/mol. The fourth-order valence-electron chi connectivity index (χ4n) is 2.42. The third-order valence-corrected chi connectivity index (χ3v) is 3.89. The van der Waals surface area contributed by atoms with E-state index >= 15 is 0 Å². The Morgan fingerprint density at radius 2 is 2.06 bits per heavy atom. The van der Waals surface area contributed by atoms with Gasteiger partial charge in [0.2, 0.25) is 0 Å². The summed E-state index contributed by atoms with van der Waals surface area (Å²) in [5.41, 5.74) is 1.01. The molecule has 1 aromatic heterocycles. The largest absolute Gasteiger partial charge is 0.456 e. The Labute approximate surface area is 108 Å². The molecule has 4 nitrogen and oxygen atoms in total. The second kappa shape index (κ2) is 5.14. The zero-order valence-electron chi connectivity index (χ0n) is 11.3. The molecular formula is C14H21NO3. The van der Waals surface area contributed by atoms with Crippen molar-refractivity contribution in [1.29, 1.82) is 0 Å². The fourth-order valence-corrected chi connectivity index (χ4v) is 2.42. The van der Waals surface area contributed by atoms with E-state index in [1.54, 1.807) is 6.07 Å². The van der Waals surface area contributed by atoms with Crippen LogP contribution >= 0.6 is 0 Å². The number of rotatable bonds is 2. The molecule has 1 atom stereocenters. The number of furan rings is 1. The Kier molecular flexibility index (Phi) is 3.76. The number of hydrogen-bond acceptors (Lipinski definition) is 3. The lowest BCUT2D eigenvalue weighted by Gasteiger charge is -2.32. The number of amides is 1. The van der Waals surface area contributed by atoms with Crippen molar-refractivity contribution in [3.8, 4) is 0 Å². The van der Waals surface area contributed by atoms with Crippen molar-refractivity contribution in [3.63, 3.8) is 0 Å². The highest BCUT2D eigenvalue weighted by Crippen LogP contribution is 2.23. The lowest BCUT2D eigenvalue weighted by molar-refractivity contribution is 0.0497. The predicted molar refractivity (Wildman–Crippen MR) is 68.5 cm³/mol. The topological polar surface area (TPSA) is 53.7 Å². The maximum absolute atomic E-state index is 12.2. The van der Waals surface area contributed by atoms with Crippen molar-refractivity contribution >= 4 is 5.91 Å². The van der Waals surface area contributed by atoms with E-state index < -0.39 is 0 Å². The maximum atomic E-state index is 12.2. The van der Waals surface area contributed by atoms with E-state index in [0.29, 0.717) is 24.8 Å². The summed E-state index contributed by atoms with van der Waals surface area (Å²) >= 11 is 0. The molecule has 0 bridgehead atoms. The van der Waals surface area contributed by atoms with Gasteiger partial charge in [0.1, 0.15) is 5.76 Å². The summed E-state index contributed by atoms with van der Waals surface area (Å²) in [4.78, 5) is 14.0. The Hall–Kier alpha value is -1.29. The van der Waals surface area contributed by atoms with Crippen molar-refractivity contribution in [3.05, 3.63) is 23.2 Å². The van der Waals surface area contributed by atoms with Crippen molar-refractivity contribution < 1.29 is 14.3 Å². The van der Waals surface area contributed by atoms with Crippen LogP contribution in [0.4, 0.5) is 0 Å². The Morgan fingerprint density at radius 1 is 1.44 bits per heavy atom. The van der Waals surface area contributed by atoms with Gasteiger partial charge in [0.25, 0.3) is 5.91 Å². The average Bonchev–Trinajstić information content (AvgIpc) is 2.69. The van der Waals surface area contributed by atoms with E-state index in [2.05, 4.69) is 0 Å². The molecule has 0 spiro atoms. The number of aryl methyl sites for hydroxylation is 2. The molecule has 1 amide bonds. The minimum atomic E-state index is -0.282. The van der Waals surface area contributed by atoms with Crippen molar-refractivity contribution in [2.75, 3.05) is 13.1 Å². The van der Waals surface area contributed by atoms with Gasteiger partial charge in [-0.2, -0.15) is 0 Å². The van der Waals surface area contributed by atoms with E-state index in [9.17, 15) is 9.90 Å². The summed E-state index contributed by atoms with van der Waals surface area (Å²) in [5.74, 6) is 1.52. The average molecular weight is 251 g/mol. The number of aliphatic hydroxyl groups excluding tert-OH is 1. The molecule has 0 aromatic carbocycles. The minimum absolute atomic E-state index is 0.0322. The Bertz CT molecular complexity index is 409. The van der Waals surface area contributed by atoms with Crippen LogP contribution in [0.25, 0.3) is 0 Å². The zero-order valence-corrected chi connectivity index (χ0v) is 11.3. The van der Waals surface area contributed by atoms with E-state index in [4.69, 9.17) is 4.42 Å². The van der Waals surface area contributed by atoms with Crippen LogP contribution in [0.3, 0.4) is 0 Å². The summed E-state index contributed by atoms with van der Waals surface area (Å²) in [5, 5.41) is 9.54. The second-order valence-electron chi connectivity index (χ2n) is 5.22. The van der Waals surface area contributed by atoms with Gasteiger partial charge < -0.3 is 14.4 Å². The van der Waals surface area contributed by atoms with Crippen LogP contribution in [0.1, 0.15) is 41.6 Å². The monoisotopic (exact) mass is 251 g/mol. The summed E-state index contributed by atoms with van der Waals surface area (Å²) < 4.78 is 5.46. The van der Waals surface area contributed by atoms with Crippen molar-refractivity contribution in [2.45, 2.75) is 39.7 Å². The van der Waals surface area contributed by atoms with Crippen LogP contribution in [0.2, 0.25) is 0 Å². The van der Waals surface area contributed by atoms with Crippen molar-refractivity contribution in [1.82, 2.24) is 4.90 Å². The molecule has 18 heavy (non-hydrogen) atoms. The lowest BCUT2D eigenvalue weighted by atomic mass is 9.92. The van der Waals surface area contributed by atoms with E-state index in [1.165, 1.54) is 0 Å². The first-order chi connectivity index (χ1) is 8.49. The van der Waals surface area contributed by atoms with Gasteiger partial charge in [-0.25, -0.2) is 0 Å². The van der Waals surface area contributed by atoms with Gasteiger partial charge >= 0.3 is 0 Å². The number of hydrogen-bond donors (Lipinski definition) is 1. The lowest BCUT2D eigenvalue weighted by Crippen LogP contribution is -2.40. The van der Waals surface area contributed by atoms with E-state index in [-0.39, 0.29) is 12.0 Å². The number of carbonyl (C=O) groups is 1. The molecule has 1 N–H and O–H groups in total. The van der Waals surface area contributed by atoms with E-state index in [0.717, 1.165) is 24.2 Å². The van der Waals surface area contributed by atoms with Gasteiger partial charge in [0.05, 0.1) is 6.10 Å². The van der Waals surface area contributed by atoms with Crippen molar-refractivity contribution in [2.24, 2.45) is 5.92 Å². The quantitative estimate of drug-likeness (QED) is 0.876. The molecule has 0 saturated carbocycles. The minimum Gasteiger partial charge on any atom is -0.456 e. The van der Waals surface area contributed by atoms with Gasteiger partial charge in [-0.05, 0) is 51.2 Å². The molecule has 2 rings (SSSR count). The van der Waals surface area contributed by atoms with Gasteiger partial charge in [-0.15, -0.1) is 0 Å². The van der Waals surface area contributed by atoms with Crippen LogP contribution < -0.4 is 0 Å². The number of nitrogens with zero attached hydrogens (tertiary/aromatic N) is 1. The van der Waals surface area contributed by atoms with Crippen LogP contribution in [0.5, 0.6) is 0 Å². The van der Waals surface area contributed by atoms with Crippen LogP contribution in [0.15, 0.2) is 10.5 Å². The van der Waals surface area contributed by atoms with Crippen LogP contribution in [-0.4, -0.2) is 35.1 Å². The van der Waals surface area contributed by atoms with Crippen LogP contribution in [-0.2, 0) is 0 Å². The Balaban J connectivity index is 1.99. The molecule has 2 heterocycles. The molecule has 1 unspecified atom stereocenters. The molecule has 1 aromatic rings. The summed E-state index contributed by atoms with van der Waals surface area (Å²) in [6.07, 6.45) is 1.44. The van der Waals surface area contributed by atoms with Gasteiger partial charge in [-0.3, -0.25) is 4.79 Å². The summed E-state index contributed by atoms with van der Waals surface area (Å²) in [6.45, 7) is 7.03. The third kappa shape index (κ3) is 2.58. The van der Waals surface area contributed by atoms with E-state index in [1.807, 2.05) is 25.7 Å². The number of aliphatic hydroxyl groups is 1. The molecule has 100 valence electrons. The smallest absolute Gasteiger partial charge is 0.289 e. The number of piperidine rings is 1. The maximum Gasteiger partial charge on any atom is 0.289 e. The molecule has 0 radical (unpaired) electrons. The van der Waals surface area contributed by atoms with Gasteiger partial charge in [0, 0.05) is 13.1 Å². The SMILES string of the molecule is Cc1cc(C(=O)N2CCC(C(C)O)CC2)oc1C. The molecule has 4 heteroatoms. The summed E-state index contributed by atoms with van der Waals surface area (Å²) in [7, 11) is 0. The molecule has 1 fully saturated rings. The predicted octanol–water partition coefficient (Wildman–Crippen LogP) is 2.13. The fraction of sp³-hybridized carbons (Fsp3) is 0.643. The second-order valence-corrected chi connectivity index (χ2v) is 5.22. The number of likely N-dealkylation sites (tertiary alicyclic amines) is 1. The molecule has 1 aliphatic heterocycles. The van der Waals surface area contributed by atoms with Gasteiger partial charge in [-0.1, -0.05) is 0 Å².